The standard InChI is InChI=1S/C24H21N3O3/c28-23-18-7-1-2-10-21(18)26-22-19(23)8-4-9-20(22)24(29)25-16-5-3-6-17(15-16)27-11-13-30-14-12-27/h1-10,15H,11-14H2,(H,25,29)(H,26,28). The van der Waals surface area contributed by atoms with Gasteiger partial charge in [0.15, 0.2) is 5.43 Å². The molecule has 3 aromatic carbocycles. The summed E-state index contributed by atoms with van der Waals surface area (Å²) in [5.74, 6) is -0.259. The highest BCUT2D eigenvalue weighted by molar-refractivity contribution is 6.13. The number of para-hydroxylation sites is 2. The van der Waals surface area contributed by atoms with Gasteiger partial charge in [0.05, 0.1) is 24.3 Å². The van der Waals surface area contributed by atoms with Crippen molar-refractivity contribution in [3.63, 3.8) is 0 Å². The Kier molecular flexibility index (Phi) is 4.69. The number of pyridine rings is 1. The molecule has 30 heavy (non-hydrogen) atoms. The minimum atomic E-state index is -0.259. The summed E-state index contributed by atoms with van der Waals surface area (Å²) >= 11 is 0. The molecule has 1 aliphatic rings. The number of hydrogen-bond acceptors (Lipinski definition) is 4. The number of benzene rings is 3. The van der Waals surface area contributed by atoms with E-state index in [2.05, 4.69) is 15.2 Å². The first-order valence-electron chi connectivity index (χ1n) is 9.98. The first kappa shape index (κ1) is 18.4. The summed E-state index contributed by atoms with van der Waals surface area (Å²) in [7, 11) is 0. The predicted molar refractivity (Wildman–Crippen MR) is 120 cm³/mol. The van der Waals surface area contributed by atoms with Crippen LogP contribution in [0, 0.1) is 0 Å². The van der Waals surface area contributed by atoms with E-state index in [1.807, 2.05) is 42.5 Å². The number of nitrogens with zero attached hydrogens (tertiary/aromatic N) is 1. The van der Waals surface area contributed by atoms with Crippen LogP contribution in [0.1, 0.15) is 10.4 Å². The van der Waals surface area contributed by atoms with Crippen molar-refractivity contribution < 1.29 is 9.53 Å². The van der Waals surface area contributed by atoms with Gasteiger partial charge in [0, 0.05) is 40.8 Å². The molecule has 0 bridgehead atoms. The first-order valence-corrected chi connectivity index (χ1v) is 9.98. The third-order valence-corrected chi connectivity index (χ3v) is 5.47. The second-order valence-corrected chi connectivity index (χ2v) is 7.33. The zero-order valence-corrected chi connectivity index (χ0v) is 16.4. The molecule has 6 nitrogen and oxygen atoms in total. The van der Waals surface area contributed by atoms with Crippen LogP contribution in [0.25, 0.3) is 21.8 Å². The molecule has 0 saturated carbocycles. The average Bonchev–Trinajstić information content (AvgIpc) is 2.80. The van der Waals surface area contributed by atoms with E-state index in [4.69, 9.17) is 4.74 Å². The smallest absolute Gasteiger partial charge is 0.257 e. The van der Waals surface area contributed by atoms with Crippen LogP contribution < -0.4 is 15.6 Å². The van der Waals surface area contributed by atoms with Gasteiger partial charge >= 0.3 is 0 Å². The van der Waals surface area contributed by atoms with Crippen molar-refractivity contribution in [3.8, 4) is 0 Å². The average molecular weight is 399 g/mol. The van der Waals surface area contributed by atoms with E-state index in [0.29, 0.717) is 46.3 Å². The van der Waals surface area contributed by atoms with Gasteiger partial charge in [0.2, 0.25) is 0 Å². The van der Waals surface area contributed by atoms with Crippen molar-refractivity contribution in [2.24, 2.45) is 0 Å². The van der Waals surface area contributed by atoms with Crippen molar-refractivity contribution in [1.29, 1.82) is 0 Å². The van der Waals surface area contributed by atoms with Crippen molar-refractivity contribution >= 4 is 39.1 Å². The molecule has 0 atom stereocenters. The third kappa shape index (κ3) is 3.31. The van der Waals surface area contributed by atoms with Gasteiger partial charge in [-0.05, 0) is 42.5 Å². The molecule has 1 saturated heterocycles. The monoisotopic (exact) mass is 399 g/mol. The molecule has 1 aromatic heterocycles. The maximum Gasteiger partial charge on any atom is 0.257 e. The largest absolute Gasteiger partial charge is 0.378 e. The highest BCUT2D eigenvalue weighted by Crippen LogP contribution is 2.23. The molecule has 1 aliphatic heterocycles. The number of carbonyl (C=O) groups is 1. The van der Waals surface area contributed by atoms with Gasteiger partial charge < -0.3 is 19.9 Å². The van der Waals surface area contributed by atoms with E-state index >= 15 is 0 Å². The Hall–Kier alpha value is -3.64. The Morgan fingerprint density at radius 2 is 1.70 bits per heavy atom. The molecule has 2 heterocycles. The number of morpholine rings is 1. The number of nitrogens with one attached hydrogen (secondary N) is 2. The molecule has 0 unspecified atom stereocenters. The Bertz CT molecular complexity index is 1310. The lowest BCUT2D eigenvalue weighted by molar-refractivity contribution is 0.102. The van der Waals surface area contributed by atoms with Crippen LogP contribution in [0.3, 0.4) is 0 Å². The number of aromatic nitrogens is 1. The van der Waals surface area contributed by atoms with E-state index in [9.17, 15) is 9.59 Å². The molecule has 4 aromatic rings. The van der Waals surface area contributed by atoms with Gasteiger partial charge in [-0.1, -0.05) is 24.3 Å². The van der Waals surface area contributed by atoms with Gasteiger partial charge in [-0.25, -0.2) is 0 Å². The zero-order valence-electron chi connectivity index (χ0n) is 16.4. The number of carbonyl (C=O) groups excluding carboxylic acids is 1. The van der Waals surface area contributed by atoms with Crippen molar-refractivity contribution in [2.45, 2.75) is 0 Å². The highest BCUT2D eigenvalue weighted by atomic mass is 16.5. The highest BCUT2D eigenvalue weighted by Gasteiger charge is 2.15. The van der Waals surface area contributed by atoms with Crippen LogP contribution in [0.15, 0.2) is 71.5 Å². The van der Waals surface area contributed by atoms with E-state index in [1.165, 1.54) is 0 Å². The maximum absolute atomic E-state index is 13.1. The number of fused-ring (bicyclic) bond motifs is 2. The maximum atomic E-state index is 13.1. The van der Waals surface area contributed by atoms with Gasteiger partial charge in [0.1, 0.15) is 0 Å². The molecular formula is C24H21N3O3. The van der Waals surface area contributed by atoms with Crippen LogP contribution in [0.5, 0.6) is 0 Å². The molecule has 1 fully saturated rings. The van der Waals surface area contributed by atoms with Gasteiger partial charge in [-0.2, -0.15) is 0 Å². The van der Waals surface area contributed by atoms with Crippen LogP contribution in [0.2, 0.25) is 0 Å². The van der Waals surface area contributed by atoms with Crippen LogP contribution in [-0.2, 0) is 4.74 Å². The number of amides is 1. The quantitative estimate of drug-likeness (QED) is 0.515. The third-order valence-electron chi connectivity index (χ3n) is 5.47. The van der Waals surface area contributed by atoms with Crippen molar-refractivity contribution in [1.82, 2.24) is 4.98 Å². The lowest BCUT2D eigenvalue weighted by Gasteiger charge is -2.29. The normalized spacial score (nSPS) is 14.2. The fourth-order valence-electron chi connectivity index (χ4n) is 3.94. The van der Waals surface area contributed by atoms with Crippen molar-refractivity contribution in [3.05, 3.63) is 82.5 Å². The number of rotatable bonds is 3. The van der Waals surface area contributed by atoms with E-state index in [0.717, 1.165) is 18.8 Å². The van der Waals surface area contributed by atoms with Crippen LogP contribution in [0.4, 0.5) is 11.4 Å². The van der Waals surface area contributed by atoms with Gasteiger partial charge in [-0.3, -0.25) is 9.59 Å². The number of H-pyrrole nitrogens is 1. The molecule has 1 amide bonds. The number of aromatic amines is 1. The molecule has 2 N–H and O–H groups in total. The first-order chi connectivity index (χ1) is 14.7. The van der Waals surface area contributed by atoms with Crippen LogP contribution in [-0.4, -0.2) is 37.2 Å². The molecule has 5 rings (SSSR count). The topological polar surface area (TPSA) is 74.4 Å². The van der Waals surface area contributed by atoms with Gasteiger partial charge in [0.25, 0.3) is 5.91 Å². The molecule has 6 heteroatoms. The molecule has 0 radical (unpaired) electrons. The Morgan fingerprint density at radius 3 is 2.57 bits per heavy atom. The Balaban J connectivity index is 1.50. The molecular weight excluding hydrogens is 378 g/mol. The Labute approximate surface area is 173 Å². The minimum absolute atomic E-state index is 0.0803. The second-order valence-electron chi connectivity index (χ2n) is 7.33. The lowest BCUT2D eigenvalue weighted by atomic mass is 10.1. The summed E-state index contributed by atoms with van der Waals surface area (Å²) in [4.78, 5) is 31.5. The van der Waals surface area contributed by atoms with Gasteiger partial charge in [-0.15, -0.1) is 0 Å². The fraction of sp³-hybridized carbons (Fsp3) is 0.167. The summed E-state index contributed by atoms with van der Waals surface area (Å²) in [6, 6.07) is 20.3. The van der Waals surface area contributed by atoms with Crippen LogP contribution >= 0.6 is 0 Å². The molecule has 150 valence electrons. The summed E-state index contributed by atoms with van der Waals surface area (Å²) in [5, 5.41) is 4.09. The fourth-order valence-corrected chi connectivity index (χ4v) is 3.94. The van der Waals surface area contributed by atoms with E-state index in [1.54, 1.807) is 24.3 Å². The van der Waals surface area contributed by atoms with Crippen molar-refractivity contribution in [2.75, 3.05) is 36.5 Å². The summed E-state index contributed by atoms with van der Waals surface area (Å²) in [6.07, 6.45) is 0. The lowest BCUT2D eigenvalue weighted by Crippen LogP contribution is -2.36. The summed E-state index contributed by atoms with van der Waals surface area (Å²) in [5.41, 5.74) is 3.38. The second kappa shape index (κ2) is 7.65. The SMILES string of the molecule is O=C(Nc1cccc(N2CCOCC2)c1)c1cccc2c(=O)c3ccccc3[nH]c12. The number of hydrogen-bond donors (Lipinski definition) is 2. The minimum Gasteiger partial charge on any atom is -0.378 e. The van der Waals surface area contributed by atoms with E-state index in [-0.39, 0.29) is 11.3 Å². The molecule has 0 spiro atoms. The predicted octanol–water partition coefficient (Wildman–Crippen LogP) is 3.77. The van der Waals surface area contributed by atoms with E-state index < -0.39 is 0 Å². The summed E-state index contributed by atoms with van der Waals surface area (Å²) < 4.78 is 5.41. The number of ether oxygens (including phenoxy) is 1. The summed E-state index contributed by atoms with van der Waals surface area (Å²) in [6.45, 7) is 3.06. The molecule has 0 aliphatic carbocycles. The number of anilines is 2. The zero-order chi connectivity index (χ0) is 20.5. The Morgan fingerprint density at radius 1 is 0.933 bits per heavy atom.